The number of aliphatic carboxylic acids is 1. The van der Waals surface area contributed by atoms with Crippen LogP contribution in [0.3, 0.4) is 0 Å². The van der Waals surface area contributed by atoms with Crippen molar-refractivity contribution in [2.24, 2.45) is 0 Å². The summed E-state index contributed by atoms with van der Waals surface area (Å²) in [5, 5.41) is 12.1. The molecule has 0 fully saturated rings. The molecule has 1 aliphatic heterocycles. The van der Waals surface area contributed by atoms with Gasteiger partial charge >= 0.3 is 5.97 Å². The van der Waals surface area contributed by atoms with Gasteiger partial charge in [-0.1, -0.05) is 11.6 Å². The summed E-state index contributed by atoms with van der Waals surface area (Å²) in [7, 11) is 0. The van der Waals surface area contributed by atoms with Gasteiger partial charge in [-0.2, -0.15) is 0 Å². The molecule has 1 heterocycles. The van der Waals surface area contributed by atoms with Crippen molar-refractivity contribution in [1.82, 2.24) is 5.32 Å². The monoisotopic (exact) mass is 257 g/mol. The Morgan fingerprint density at radius 2 is 2.35 bits per heavy atom. The van der Waals surface area contributed by atoms with Gasteiger partial charge in [-0.3, -0.25) is 4.79 Å². The number of nitrogens with one attached hydrogen (secondary N) is 1. The molecule has 5 nitrogen and oxygen atoms in total. The fourth-order valence-corrected chi connectivity index (χ4v) is 1.77. The van der Waals surface area contributed by atoms with Gasteiger partial charge in [0.25, 0.3) is 0 Å². The standard InChI is InChI=1S/C11H12ClNO4/c1-6(11(14)15)13-4-7-2-8(12)10-9(3-7)16-5-17-10/h2-3,6,13H,4-5H2,1H3,(H,14,15)/t6-/m0/s1. The molecule has 1 aromatic rings. The fraction of sp³-hybridized carbons (Fsp3) is 0.364. The van der Waals surface area contributed by atoms with Crippen molar-refractivity contribution < 1.29 is 19.4 Å². The molecule has 0 saturated heterocycles. The van der Waals surface area contributed by atoms with E-state index in [0.717, 1.165) is 5.56 Å². The molecule has 92 valence electrons. The van der Waals surface area contributed by atoms with Crippen LogP contribution in [0.5, 0.6) is 11.5 Å². The molecule has 17 heavy (non-hydrogen) atoms. The maximum Gasteiger partial charge on any atom is 0.320 e. The Kier molecular flexibility index (Phi) is 3.40. The van der Waals surface area contributed by atoms with Gasteiger partial charge in [0.15, 0.2) is 11.5 Å². The first-order chi connectivity index (χ1) is 8.08. The Hall–Kier alpha value is -1.46. The minimum Gasteiger partial charge on any atom is -0.480 e. The summed E-state index contributed by atoms with van der Waals surface area (Å²) in [4.78, 5) is 10.6. The average Bonchev–Trinajstić information content (AvgIpc) is 2.74. The molecule has 0 spiro atoms. The number of hydrogen-bond donors (Lipinski definition) is 2. The number of carboxylic acids is 1. The van der Waals surface area contributed by atoms with Gasteiger partial charge < -0.3 is 19.9 Å². The summed E-state index contributed by atoms with van der Waals surface area (Å²) < 4.78 is 10.4. The van der Waals surface area contributed by atoms with Crippen LogP contribution in [-0.4, -0.2) is 23.9 Å². The van der Waals surface area contributed by atoms with Gasteiger partial charge in [0.2, 0.25) is 6.79 Å². The predicted octanol–water partition coefficient (Wildman–Crippen LogP) is 1.63. The third-order valence-corrected chi connectivity index (χ3v) is 2.75. The molecule has 2 rings (SSSR count). The van der Waals surface area contributed by atoms with Crippen molar-refractivity contribution >= 4 is 17.6 Å². The van der Waals surface area contributed by atoms with E-state index in [1.54, 1.807) is 19.1 Å². The van der Waals surface area contributed by atoms with E-state index < -0.39 is 12.0 Å². The van der Waals surface area contributed by atoms with Gasteiger partial charge in [-0.05, 0) is 24.6 Å². The second kappa shape index (κ2) is 4.81. The van der Waals surface area contributed by atoms with E-state index in [1.165, 1.54) is 0 Å². The third kappa shape index (κ3) is 2.62. The Labute approximate surface area is 103 Å². The largest absolute Gasteiger partial charge is 0.480 e. The van der Waals surface area contributed by atoms with Crippen molar-refractivity contribution in [2.45, 2.75) is 19.5 Å². The van der Waals surface area contributed by atoms with Gasteiger partial charge in [0.1, 0.15) is 6.04 Å². The summed E-state index contributed by atoms with van der Waals surface area (Å²) in [6.07, 6.45) is 0. The van der Waals surface area contributed by atoms with E-state index in [9.17, 15) is 4.79 Å². The minimum absolute atomic E-state index is 0.164. The van der Waals surface area contributed by atoms with Crippen molar-refractivity contribution in [1.29, 1.82) is 0 Å². The van der Waals surface area contributed by atoms with Gasteiger partial charge in [-0.25, -0.2) is 0 Å². The predicted molar refractivity (Wildman–Crippen MR) is 61.5 cm³/mol. The topological polar surface area (TPSA) is 67.8 Å². The molecule has 0 saturated carbocycles. The Balaban J connectivity index is 2.07. The zero-order valence-corrected chi connectivity index (χ0v) is 9.95. The molecule has 6 heteroatoms. The molecule has 0 amide bonds. The van der Waals surface area contributed by atoms with Crippen LogP contribution in [0.4, 0.5) is 0 Å². The second-order valence-corrected chi connectivity index (χ2v) is 4.16. The molecule has 0 aromatic heterocycles. The Morgan fingerprint density at radius 1 is 1.59 bits per heavy atom. The molecule has 1 atom stereocenters. The molecule has 1 aromatic carbocycles. The van der Waals surface area contributed by atoms with Gasteiger partial charge in [0.05, 0.1) is 5.02 Å². The molecule has 1 aliphatic rings. The van der Waals surface area contributed by atoms with Crippen LogP contribution < -0.4 is 14.8 Å². The number of hydrogen-bond acceptors (Lipinski definition) is 4. The highest BCUT2D eigenvalue weighted by Crippen LogP contribution is 2.39. The zero-order chi connectivity index (χ0) is 12.4. The van der Waals surface area contributed by atoms with E-state index >= 15 is 0 Å². The number of ether oxygens (including phenoxy) is 2. The SMILES string of the molecule is C[C@H](NCc1cc(Cl)c2c(c1)OCO2)C(=O)O. The summed E-state index contributed by atoms with van der Waals surface area (Å²) in [5.41, 5.74) is 0.854. The van der Waals surface area contributed by atoms with Crippen LogP contribution in [-0.2, 0) is 11.3 Å². The summed E-state index contributed by atoms with van der Waals surface area (Å²) >= 11 is 6.00. The third-order valence-electron chi connectivity index (χ3n) is 2.47. The lowest BCUT2D eigenvalue weighted by atomic mass is 10.2. The lowest BCUT2D eigenvalue weighted by Crippen LogP contribution is -2.33. The number of benzene rings is 1. The van der Waals surface area contributed by atoms with E-state index in [4.69, 9.17) is 26.2 Å². The minimum atomic E-state index is -0.892. The smallest absolute Gasteiger partial charge is 0.320 e. The molecule has 0 bridgehead atoms. The summed E-state index contributed by atoms with van der Waals surface area (Å²) in [6, 6.07) is 2.91. The summed E-state index contributed by atoms with van der Waals surface area (Å²) in [5.74, 6) is 0.246. The normalized spacial score (nSPS) is 14.7. The molecular weight excluding hydrogens is 246 g/mol. The number of carbonyl (C=O) groups is 1. The first-order valence-corrected chi connectivity index (χ1v) is 5.50. The van der Waals surface area contributed by atoms with Crippen LogP contribution in [0.2, 0.25) is 5.02 Å². The number of fused-ring (bicyclic) bond motifs is 1. The molecule has 0 aliphatic carbocycles. The second-order valence-electron chi connectivity index (χ2n) is 3.75. The zero-order valence-electron chi connectivity index (χ0n) is 9.20. The highest BCUT2D eigenvalue weighted by Gasteiger charge is 2.18. The average molecular weight is 258 g/mol. The highest BCUT2D eigenvalue weighted by atomic mass is 35.5. The lowest BCUT2D eigenvalue weighted by Gasteiger charge is -2.10. The fourth-order valence-electron chi connectivity index (χ4n) is 1.48. The maximum absolute atomic E-state index is 10.6. The van der Waals surface area contributed by atoms with Crippen LogP contribution in [0.25, 0.3) is 0 Å². The van der Waals surface area contributed by atoms with Gasteiger partial charge in [-0.15, -0.1) is 0 Å². The number of rotatable bonds is 4. The highest BCUT2D eigenvalue weighted by molar-refractivity contribution is 6.32. The van der Waals surface area contributed by atoms with Crippen LogP contribution in [0.15, 0.2) is 12.1 Å². The van der Waals surface area contributed by atoms with Crippen LogP contribution in [0.1, 0.15) is 12.5 Å². The van der Waals surface area contributed by atoms with E-state index in [1.807, 2.05) is 0 Å². The summed E-state index contributed by atoms with van der Waals surface area (Å²) in [6.45, 7) is 2.15. The maximum atomic E-state index is 10.6. The first kappa shape index (κ1) is 12.0. The van der Waals surface area contributed by atoms with E-state index in [-0.39, 0.29) is 6.79 Å². The van der Waals surface area contributed by atoms with Gasteiger partial charge in [0, 0.05) is 6.54 Å². The van der Waals surface area contributed by atoms with Crippen LogP contribution in [0, 0.1) is 0 Å². The van der Waals surface area contributed by atoms with E-state index in [2.05, 4.69) is 5.32 Å². The number of halogens is 1. The van der Waals surface area contributed by atoms with Crippen molar-refractivity contribution in [3.05, 3.63) is 22.7 Å². The van der Waals surface area contributed by atoms with Crippen molar-refractivity contribution in [2.75, 3.05) is 6.79 Å². The molecule has 0 radical (unpaired) electrons. The van der Waals surface area contributed by atoms with E-state index in [0.29, 0.717) is 23.1 Å². The first-order valence-electron chi connectivity index (χ1n) is 5.12. The van der Waals surface area contributed by atoms with Crippen molar-refractivity contribution in [3.63, 3.8) is 0 Å². The Bertz CT molecular complexity index is 449. The Morgan fingerprint density at radius 3 is 3.06 bits per heavy atom. The van der Waals surface area contributed by atoms with Crippen LogP contribution >= 0.6 is 11.6 Å². The van der Waals surface area contributed by atoms with Crippen molar-refractivity contribution in [3.8, 4) is 11.5 Å². The molecular formula is C11H12ClNO4. The number of carboxylic acid groups (broad SMARTS) is 1. The quantitative estimate of drug-likeness (QED) is 0.858. The lowest BCUT2D eigenvalue weighted by molar-refractivity contribution is -0.139. The molecule has 2 N–H and O–H groups in total. The molecule has 0 unspecified atom stereocenters.